The molecule has 3 rings (SSSR count). The van der Waals surface area contributed by atoms with Crippen LogP contribution in [0.25, 0.3) is 11.6 Å². The maximum atomic E-state index is 5.48. The van der Waals surface area contributed by atoms with Crippen molar-refractivity contribution < 1.29 is 4.52 Å². The van der Waals surface area contributed by atoms with Gasteiger partial charge < -0.3 is 9.84 Å². The van der Waals surface area contributed by atoms with Gasteiger partial charge in [-0.15, -0.1) is 12.4 Å². The zero-order chi connectivity index (χ0) is 15.9. The molecule has 1 atom stereocenters. The predicted octanol–water partition coefficient (Wildman–Crippen LogP) is 1.77. The standard InChI is InChI=1S/C15H24N6O.ClH/c1-15(2,3)12-8-10(21(5)18-12)14-17-13(19-22-14)11-9-16-6-7-20(11)4;/h8,11,16H,6-7,9H2,1-5H3;1H. The number of piperazine rings is 1. The number of hydrogen-bond donors (Lipinski definition) is 1. The highest BCUT2D eigenvalue weighted by atomic mass is 35.5. The number of rotatable bonds is 2. The van der Waals surface area contributed by atoms with E-state index in [0.29, 0.717) is 5.89 Å². The van der Waals surface area contributed by atoms with Gasteiger partial charge in [0.05, 0.1) is 11.7 Å². The molecule has 0 radical (unpaired) electrons. The molecule has 1 aliphatic heterocycles. The van der Waals surface area contributed by atoms with Crippen molar-refractivity contribution in [2.45, 2.75) is 32.2 Å². The van der Waals surface area contributed by atoms with Crippen molar-refractivity contribution in [3.8, 4) is 11.6 Å². The zero-order valence-corrected chi connectivity index (χ0v) is 15.1. The van der Waals surface area contributed by atoms with E-state index in [4.69, 9.17) is 4.52 Å². The lowest BCUT2D eigenvalue weighted by atomic mass is 9.92. The van der Waals surface area contributed by atoms with E-state index in [9.17, 15) is 0 Å². The van der Waals surface area contributed by atoms with Crippen LogP contribution in [0.5, 0.6) is 0 Å². The summed E-state index contributed by atoms with van der Waals surface area (Å²) in [6, 6.07) is 2.18. The summed E-state index contributed by atoms with van der Waals surface area (Å²) in [5.74, 6) is 1.25. The van der Waals surface area contributed by atoms with E-state index in [-0.39, 0.29) is 23.9 Å². The second-order valence-corrected chi connectivity index (χ2v) is 6.95. The van der Waals surface area contributed by atoms with Crippen molar-refractivity contribution >= 4 is 12.4 Å². The molecule has 1 unspecified atom stereocenters. The normalized spacial score (nSPS) is 19.6. The number of halogens is 1. The zero-order valence-electron chi connectivity index (χ0n) is 14.3. The summed E-state index contributed by atoms with van der Waals surface area (Å²) in [6.07, 6.45) is 0. The smallest absolute Gasteiger partial charge is 0.276 e. The average Bonchev–Trinajstić information content (AvgIpc) is 3.05. The Kier molecular flexibility index (Phi) is 5.13. The molecule has 2 aromatic heterocycles. The molecule has 2 aromatic rings. The van der Waals surface area contributed by atoms with Gasteiger partial charge in [-0.3, -0.25) is 9.58 Å². The first-order valence-corrected chi connectivity index (χ1v) is 7.65. The summed E-state index contributed by atoms with van der Waals surface area (Å²) in [6.45, 7) is 9.24. The van der Waals surface area contributed by atoms with Crippen LogP contribution in [0.1, 0.15) is 38.3 Å². The molecule has 1 fully saturated rings. The maximum Gasteiger partial charge on any atom is 0.276 e. The maximum absolute atomic E-state index is 5.48. The summed E-state index contributed by atoms with van der Waals surface area (Å²) >= 11 is 0. The molecule has 1 N–H and O–H groups in total. The SMILES string of the molecule is CN1CCNCC1c1noc(-c2cc(C(C)(C)C)nn2C)n1.Cl. The van der Waals surface area contributed by atoms with Crippen molar-refractivity contribution in [2.24, 2.45) is 7.05 Å². The molecule has 128 valence electrons. The summed E-state index contributed by atoms with van der Waals surface area (Å²) in [4.78, 5) is 6.84. The van der Waals surface area contributed by atoms with E-state index in [1.807, 2.05) is 13.1 Å². The third-order valence-electron chi connectivity index (χ3n) is 4.12. The lowest BCUT2D eigenvalue weighted by Gasteiger charge is -2.30. The first-order valence-electron chi connectivity index (χ1n) is 7.65. The van der Waals surface area contributed by atoms with E-state index in [1.165, 1.54) is 0 Å². The van der Waals surface area contributed by atoms with Crippen molar-refractivity contribution in [3.05, 3.63) is 17.6 Å². The van der Waals surface area contributed by atoms with Gasteiger partial charge >= 0.3 is 0 Å². The molecule has 1 saturated heterocycles. The second-order valence-electron chi connectivity index (χ2n) is 6.95. The molecule has 0 bridgehead atoms. The van der Waals surface area contributed by atoms with Gasteiger partial charge in [0.15, 0.2) is 5.82 Å². The van der Waals surface area contributed by atoms with E-state index in [0.717, 1.165) is 36.8 Å². The van der Waals surface area contributed by atoms with Crippen LogP contribution >= 0.6 is 12.4 Å². The van der Waals surface area contributed by atoms with Crippen molar-refractivity contribution in [2.75, 3.05) is 26.7 Å². The van der Waals surface area contributed by atoms with E-state index < -0.39 is 0 Å². The Morgan fingerprint density at radius 2 is 2.04 bits per heavy atom. The molecular formula is C15H25ClN6O. The molecule has 0 aliphatic carbocycles. The molecule has 0 amide bonds. The van der Waals surface area contributed by atoms with Gasteiger partial charge in [0, 0.05) is 32.1 Å². The van der Waals surface area contributed by atoms with E-state index in [1.54, 1.807) is 4.68 Å². The molecule has 0 saturated carbocycles. The monoisotopic (exact) mass is 340 g/mol. The topological polar surface area (TPSA) is 72.0 Å². The Balaban J connectivity index is 0.00000192. The fraction of sp³-hybridized carbons (Fsp3) is 0.667. The molecule has 0 spiro atoms. The number of nitrogens with one attached hydrogen (secondary N) is 1. The summed E-state index contributed by atoms with van der Waals surface area (Å²) in [5.41, 5.74) is 1.86. The van der Waals surface area contributed by atoms with Crippen LogP contribution < -0.4 is 5.32 Å². The molecule has 23 heavy (non-hydrogen) atoms. The largest absolute Gasteiger partial charge is 0.332 e. The van der Waals surface area contributed by atoms with Crippen molar-refractivity contribution in [1.82, 2.24) is 30.1 Å². The first kappa shape index (κ1) is 17.9. The average molecular weight is 341 g/mol. The fourth-order valence-corrected chi connectivity index (χ4v) is 2.60. The molecule has 3 heterocycles. The van der Waals surface area contributed by atoms with Gasteiger partial charge in [0.25, 0.3) is 5.89 Å². The molecule has 7 nitrogen and oxygen atoms in total. The Morgan fingerprint density at radius 1 is 1.30 bits per heavy atom. The number of nitrogens with zero attached hydrogens (tertiary/aromatic N) is 5. The Morgan fingerprint density at radius 3 is 2.65 bits per heavy atom. The van der Waals surface area contributed by atoms with Gasteiger partial charge in [-0.25, -0.2) is 0 Å². The number of likely N-dealkylation sites (N-methyl/N-ethyl adjacent to an activating group) is 1. The third kappa shape index (κ3) is 3.57. The second kappa shape index (κ2) is 6.59. The number of aryl methyl sites for hydroxylation is 1. The Hall–Kier alpha value is -1.44. The van der Waals surface area contributed by atoms with Crippen LogP contribution in [-0.2, 0) is 12.5 Å². The van der Waals surface area contributed by atoms with Gasteiger partial charge in [0.1, 0.15) is 5.69 Å². The van der Waals surface area contributed by atoms with Crippen LogP contribution in [-0.4, -0.2) is 51.5 Å². The molecular weight excluding hydrogens is 316 g/mol. The minimum Gasteiger partial charge on any atom is -0.332 e. The minimum absolute atomic E-state index is 0. The fourth-order valence-electron chi connectivity index (χ4n) is 2.60. The highest BCUT2D eigenvalue weighted by Gasteiger charge is 2.27. The number of hydrogen-bond acceptors (Lipinski definition) is 6. The Bertz CT molecular complexity index is 659. The summed E-state index contributed by atoms with van der Waals surface area (Å²) in [7, 11) is 3.99. The third-order valence-corrected chi connectivity index (χ3v) is 4.12. The molecule has 1 aliphatic rings. The Labute approximate surface area is 142 Å². The lowest BCUT2D eigenvalue weighted by Crippen LogP contribution is -2.44. The van der Waals surface area contributed by atoms with Crippen LogP contribution in [0.3, 0.4) is 0 Å². The summed E-state index contributed by atoms with van der Waals surface area (Å²) < 4.78 is 7.29. The van der Waals surface area contributed by atoms with Crippen molar-refractivity contribution in [3.63, 3.8) is 0 Å². The highest BCUT2D eigenvalue weighted by Crippen LogP contribution is 2.27. The van der Waals surface area contributed by atoms with Crippen LogP contribution in [0.2, 0.25) is 0 Å². The van der Waals surface area contributed by atoms with Gasteiger partial charge in [0.2, 0.25) is 0 Å². The highest BCUT2D eigenvalue weighted by molar-refractivity contribution is 5.85. The minimum atomic E-state index is -0.00757. The van der Waals surface area contributed by atoms with Crippen LogP contribution in [0.15, 0.2) is 10.6 Å². The predicted molar refractivity (Wildman–Crippen MR) is 90.7 cm³/mol. The van der Waals surface area contributed by atoms with Crippen LogP contribution in [0.4, 0.5) is 0 Å². The lowest BCUT2D eigenvalue weighted by molar-refractivity contribution is 0.190. The first-order chi connectivity index (χ1) is 10.4. The van der Waals surface area contributed by atoms with Gasteiger partial charge in [-0.05, 0) is 13.1 Å². The quantitative estimate of drug-likeness (QED) is 0.898. The van der Waals surface area contributed by atoms with E-state index in [2.05, 4.69) is 53.3 Å². The number of aromatic nitrogens is 4. The molecule has 8 heteroatoms. The van der Waals surface area contributed by atoms with Gasteiger partial charge in [-0.2, -0.15) is 10.1 Å². The van der Waals surface area contributed by atoms with Crippen LogP contribution in [0, 0.1) is 0 Å². The van der Waals surface area contributed by atoms with E-state index >= 15 is 0 Å². The van der Waals surface area contributed by atoms with Gasteiger partial charge in [-0.1, -0.05) is 25.9 Å². The van der Waals surface area contributed by atoms with Crippen molar-refractivity contribution in [1.29, 1.82) is 0 Å². The molecule has 0 aromatic carbocycles. The summed E-state index contributed by atoms with van der Waals surface area (Å²) in [5, 5.41) is 12.1.